The van der Waals surface area contributed by atoms with Crippen LogP contribution in [0.1, 0.15) is 26.2 Å². The average Bonchev–Trinajstić information content (AvgIpc) is 2.91. The molecule has 2 N–H and O–H groups in total. The molecule has 2 aromatic carbocycles. The Hall–Kier alpha value is -2.49. The van der Waals surface area contributed by atoms with Gasteiger partial charge in [0.25, 0.3) is 5.91 Å². The van der Waals surface area contributed by atoms with Gasteiger partial charge in [0.15, 0.2) is 0 Å². The summed E-state index contributed by atoms with van der Waals surface area (Å²) in [5.74, 6) is -0.542. The number of carbonyl (C=O) groups is 1. The van der Waals surface area contributed by atoms with E-state index in [4.69, 9.17) is 9.94 Å². The zero-order chi connectivity index (χ0) is 21.0. The smallest absolute Gasteiger partial charge is 0.262 e. The van der Waals surface area contributed by atoms with Crippen LogP contribution in [0.5, 0.6) is 11.5 Å². The molecule has 0 spiro atoms. The Kier molecular flexibility index (Phi) is 6.51. The van der Waals surface area contributed by atoms with E-state index in [2.05, 4.69) is 0 Å². The zero-order valence-corrected chi connectivity index (χ0v) is 16.7. The second-order valence-electron chi connectivity index (χ2n) is 7.04. The van der Waals surface area contributed by atoms with Gasteiger partial charge in [-0.1, -0.05) is 13.3 Å². The molecule has 0 radical (unpaired) electrons. The number of rotatable bonds is 5. The van der Waals surface area contributed by atoms with E-state index in [9.17, 15) is 17.6 Å². The molecule has 3 rings (SSSR count). The SMILES string of the molecule is CC1CCCCN(S(=O)(=O)c2ccc(Oc3ccc(F)cc3)cc2)C1C(=O)NO. The Morgan fingerprint density at radius 1 is 1.10 bits per heavy atom. The van der Waals surface area contributed by atoms with Gasteiger partial charge in [0, 0.05) is 6.54 Å². The minimum absolute atomic E-state index is 0.0220. The number of sulfonamides is 1. The molecule has 1 saturated heterocycles. The van der Waals surface area contributed by atoms with Crippen molar-refractivity contribution in [3.63, 3.8) is 0 Å². The van der Waals surface area contributed by atoms with Crippen molar-refractivity contribution in [3.8, 4) is 11.5 Å². The lowest BCUT2D eigenvalue weighted by molar-refractivity contribution is -0.134. The lowest BCUT2D eigenvalue weighted by Gasteiger charge is -2.30. The molecule has 2 aromatic rings. The van der Waals surface area contributed by atoms with Crippen LogP contribution >= 0.6 is 0 Å². The van der Waals surface area contributed by atoms with Crippen molar-refractivity contribution in [1.82, 2.24) is 9.79 Å². The van der Waals surface area contributed by atoms with E-state index in [0.717, 1.165) is 10.7 Å². The van der Waals surface area contributed by atoms with Crippen LogP contribution in [0.3, 0.4) is 0 Å². The maximum absolute atomic E-state index is 13.2. The van der Waals surface area contributed by atoms with Crippen molar-refractivity contribution < 1.29 is 27.5 Å². The van der Waals surface area contributed by atoms with Gasteiger partial charge >= 0.3 is 0 Å². The summed E-state index contributed by atoms with van der Waals surface area (Å²) < 4.78 is 46.1. The van der Waals surface area contributed by atoms with Crippen LogP contribution in [0.25, 0.3) is 0 Å². The second kappa shape index (κ2) is 8.89. The Bertz CT molecular complexity index is 948. The predicted molar refractivity (Wildman–Crippen MR) is 104 cm³/mol. The molecule has 0 bridgehead atoms. The Balaban J connectivity index is 1.85. The van der Waals surface area contributed by atoms with Gasteiger partial charge < -0.3 is 4.74 Å². The number of hydrogen-bond donors (Lipinski definition) is 2. The normalized spacial score (nSPS) is 20.7. The van der Waals surface area contributed by atoms with E-state index in [1.54, 1.807) is 12.4 Å². The quantitative estimate of drug-likeness (QED) is 0.569. The summed E-state index contributed by atoms with van der Waals surface area (Å²) >= 11 is 0. The number of nitrogens with one attached hydrogen (secondary N) is 1. The number of halogens is 1. The lowest BCUT2D eigenvalue weighted by atomic mass is 9.97. The maximum Gasteiger partial charge on any atom is 0.262 e. The predicted octanol–water partition coefficient (Wildman–Crippen LogP) is 3.30. The highest BCUT2D eigenvalue weighted by Gasteiger charge is 2.40. The molecule has 0 aliphatic carbocycles. The Labute approximate surface area is 169 Å². The van der Waals surface area contributed by atoms with Gasteiger partial charge in [0.05, 0.1) is 4.90 Å². The first-order valence-corrected chi connectivity index (χ1v) is 10.8. The molecule has 29 heavy (non-hydrogen) atoms. The molecule has 1 aliphatic rings. The largest absolute Gasteiger partial charge is 0.457 e. The first kappa shape index (κ1) is 21.2. The fourth-order valence-corrected chi connectivity index (χ4v) is 5.22. The van der Waals surface area contributed by atoms with Gasteiger partial charge in [0.1, 0.15) is 23.4 Å². The summed E-state index contributed by atoms with van der Waals surface area (Å²) in [6, 6.07) is 10.3. The molecule has 9 heteroatoms. The summed E-state index contributed by atoms with van der Waals surface area (Å²) in [7, 11) is -3.96. The van der Waals surface area contributed by atoms with Crippen molar-refractivity contribution in [3.05, 3.63) is 54.3 Å². The van der Waals surface area contributed by atoms with E-state index in [1.165, 1.54) is 48.5 Å². The molecule has 2 unspecified atom stereocenters. The molecule has 0 aromatic heterocycles. The van der Waals surface area contributed by atoms with Gasteiger partial charge in [-0.25, -0.2) is 18.3 Å². The monoisotopic (exact) mass is 422 g/mol. The summed E-state index contributed by atoms with van der Waals surface area (Å²) in [6.45, 7) is 1.99. The fourth-order valence-electron chi connectivity index (χ4n) is 3.49. The van der Waals surface area contributed by atoms with Crippen LogP contribution in [-0.2, 0) is 14.8 Å². The number of hydroxylamine groups is 1. The van der Waals surface area contributed by atoms with Crippen molar-refractivity contribution in [2.45, 2.75) is 37.1 Å². The standard InChI is InChI=1S/C20H23FN2O5S/c1-14-4-2-3-13-23(19(14)20(24)22-25)29(26,27)18-11-9-17(10-12-18)28-16-7-5-15(21)6-8-16/h5-12,14,19,25H,2-4,13H2,1H3,(H,22,24). The number of benzene rings is 2. The van der Waals surface area contributed by atoms with E-state index in [-0.39, 0.29) is 23.2 Å². The number of nitrogens with zero attached hydrogens (tertiary/aromatic N) is 1. The molecule has 156 valence electrons. The van der Waals surface area contributed by atoms with Crippen molar-refractivity contribution in [2.75, 3.05) is 6.54 Å². The fraction of sp³-hybridized carbons (Fsp3) is 0.350. The molecular formula is C20H23FN2O5S. The molecule has 0 saturated carbocycles. The first-order valence-electron chi connectivity index (χ1n) is 9.32. The van der Waals surface area contributed by atoms with Gasteiger partial charge in [-0.2, -0.15) is 4.31 Å². The molecule has 1 amide bonds. The molecule has 1 aliphatic heterocycles. The van der Waals surface area contributed by atoms with E-state index in [0.29, 0.717) is 24.3 Å². The first-order chi connectivity index (χ1) is 13.8. The van der Waals surface area contributed by atoms with Crippen LogP contribution in [0.15, 0.2) is 53.4 Å². The Morgan fingerprint density at radius 2 is 1.69 bits per heavy atom. The van der Waals surface area contributed by atoms with Crippen LogP contribution < -0.4 is 10.2 Å². The van der Waals surface area contributed by atoms with Crippen LogP contribution in [-0.4, -0.2) is 36.4 Å². The molecule has 1 fully saturated rings. The van der Waals surface area contributed by atoms with Crippen molar-refractivity contribution in [1.29, 1.82) is 0 Å². The van der Waals surface area contributed by atoms with Crippen LogP contribution in [0, 0.1) is 11.7 Å². The highest BCUT2D eigenvalue weighted by molar-refractivity contribution is 7.89. The minimum atomic E-state index is -3.96. The number of carbonyl (C=O) groups excluding carboxylic acids is 1. The van der Waals surface area contributed by atoms with E-state index >= 15 is 0 Å². The van der Waals surface area contributed by atoms with Crippen molar-refractivity contribution in [2.24, 2.45) is 5.92 Å². The van der Waals surface area contributed by atoms with E-state index in [1.807, 2.05) is 0 Å². The number of amides is 1. The molecular weight excluding hydrogens is 399 g/mol. The molecule has 7 nitrogen and oxygen atoms in total. The van der Waals surface area contributed by atoms with Crippen LogP contribution in [0.4, 0.5) is 4.39 Å². The summed E-state index contributed by atoms with van der Waals surface area (Å²) in [5.41, 5.74) is 1.60. The third-order valence-electron chi connectivity index (χ3n) is 5.00. The topological polar surface area (TPSA) is 95.9 Å². The third-order valence-corrected chi connectivity index (χ3v) is 6.89. The molecule has 2 atom stereocenters. The molecule has 1 heterocycles. The van der Waals surface area contributed by atoms with Gasteiger partial charge in [-0.3, -0.25) is 10.0 Å². The van der Waals surface area contributed by atoms with Crippen LogP contribution in [0.2, 0.25) is 0 Å². The minimum Gasteiger partial charge on any atom is -0.457 e. The highest BCUT2D eigenvalue weighted by atomic mass is 32.2. The third kappa shape index (κ3) is 4.75. The second-order valence-corrected chi connectivity index (χ2v) is 8.93. The number of ether oxygens (including phenoxy) is 1. The average molecular weight is 422 g/mol. The zero-order valence-electron chi connectivity index (χ0n) is 15.9. The number of hydrogen-bond acceptors (Lipinski definition) is 5. The Morgan fingerprint density at radius 3 is 2.28 bits per heavy atom. The maximum atomic E-state index is 13.2. The van der Waals surface area contributed by atoms with E-state index < -0.39 is 22.0 Å². The van der Waals surface area contributed by atoms with Gasteiger partial charge in [-0.05, 0) is 67.3 Å². The van der Waals surface area contributed by atoms with Crippen molar-refractivity contribution >= 4 is 15.9 Å². The van der Waals surface area contributed by atoms with Gasteiger partial charge in [0.2, 0.25) is 10.0 Å². The van der Waals surface area contributed by atoms with Gasteiger partial charge in [-0.15, -0.1) is 0 Å². The summed E-state index contributed by atoms with van der Waals surface area (Å²) in [5, 5.41) is 9.08. The summed E-state index contributed by atoms with van der Waals surface area (Å²) in [6.07, 6.45) is 2.12. The highest BCUT2D eigenvalue weighted by Crippen LogP contribution is 2.30. The summed E-state index contributed by atoms with van der Waals surface area (Å²) in [4.78, 5) is 12.2. The lowest BCUT2D eigenvalue weighted by Crippen LogP contribution is -2.51.